The molecule has 56 valence electrons. The van der Waals surface area contributed by atoms with Crippen LogP contribution in [0.25, 0.3) is 0 Å². The van der Waals surface area contributed by atoms with Crippen LogP contribution in [0.5, 0.6) is 0 Å². The minimum absolute atomic E-state index is 0.333. The Morgan fingerprint density at radius 2 is 2.10 bits per heavy atom. The van der Waals surface area contributed by atoms with Gasteiger partial charge in [-0.2, -0.15) is 0 Å². The van der Waals surface area contributed by atoms with Gasteiger partial charge in [0.25, 0.3) is 0 Å². The van der Waals surface area contributed by atoms with E-state index < -0.39 is 0 Å². The summed E-state index contributed by atoms with van der Waals surface area (Å²) >= 11 is 0. The van der Waals surface area contributed by atoms with E-state index in [4.69, 9.17) is 4.42 Å². The maximum atomic E-state index is 5.06. The summed E-state index contributed by atoms with van der Waals surface area (Å²) in [6.45, 7) is 5.79. The highest BCUT2D eigenvalue weighted by Crippen LogP contribution is 2.04. The average Bonchev–Trinajstić information content (AvgIpc) is 2.13. The van der Waals surface area contributed by atoms with Gasteiger partial charge in [-0.25, -0.2) is 0 Å². The Morgan fingerprint density at radius 3 is 2.50 bits per heavy atom. The Kier molecular flexibility index (Phi) is 1.89. The van der Waals surface area contributed by atoms with Gasteiger partial charge >= 0.3 is 6.01 Å². The third kappa shape index (κ3) is 1.72. The molecule has 0 radical (unpaired) electrons. The van der Waals surface area contributed by atoms with E-state index in [9.17, 15) is 0 Å². The number of rotatable bonds is 2. The molecule has 1 aromatic heterocycles. The average molecular weight is 141 g/mol. The molecule has 0 saturated heterocycles. The molecule has 10 heavy (non-hydrogen) atoms. The lowest BCUT2D eigenvalue weighted by molar-refractivity contribution is 0.526. The van der Waals surface area contributed by atoms with Gasteiger partial charge in [0.15, 0.2) is 0 Å². The van der Waals surface area contributed by atoms with Gasteiger partial charge in [0.05, 0.1) is 0 Å². The van der Waals surface area contributed by atoms with Gasteiger partial charge in [0.1, 0.15) is 0 Å². The SMILES string of the molecule is Cc1nnc(NC(C)C)o1. The van der Waals surface area contributed by atoms with E-state index in [1.165, 1.54) is 0 Å². The Hall–Kier alpha value is -1.06. The zero-order valence-corrected chi connectivity index (χ0v) is 6.38. The number of anilines is 1. The van der Waals surface area contributed by atoms with E-state index in [-0.39, 0.29) is 0 Å². The predicted octanol–water partition coefficient (Wildman–Crippen LogP) is 1.20. The van der Waals surface area contributed by atoms with Crippen molar-refractivity contribution in [1.29, 1.82) is 0 Å². The molecule has 0 aliphatic rings. The van der Waals surface area contributed by atoms with Crippen molar-refractivity contribution in [2.24, 2.45) is 0 Å². The second-order valence-electron chi connectivity index (χ2n) is 2.43. The molecule has 0 saturated carbocycles. The van der Waals surface area contributed by atoms with Crippen LogP contribution in [0.3, 0.4) is 0 Å². The van der Waals surface area contributed by atoms with Crippen LogP contribution < -0.4 is 5.32 Å². The first-order valence-corrected chi connectivity index (χ1v) is 3.25. The molecule has 0 spiro atoms. The van der Waals surface area contributed by atoms with Crippen LogP contribution in [0.1, 0.15) is 19.7 Å². The minimum Gasteiger partial charge on any atom is -0.408 e. The van der Waals surface area contributed by atoms with Crippen LogP contribution >= 0.6 is 0 Å². The highest BCUT2D eigenvalue weighted by atomic mass is 16.4. The standard InChI is InChI=1S/C6H11N3O/c1-4(2)7-6-9-8-5(3)10-6/h4H,1-3H3,(H,7,9). The molecule has 4 nitrogen and oxygen atoms in total. The Bertz CT molecular complexity index is 207. The molecule has 0 aromatic carbocycles. The molecule has 0 aliphatic heterocycles. The van der Waals surface area contributed by atoms with E-state index in [1.807, 2.05) is 13.8 Å². The summed E-state index contributed by atoms with van der Waals surface area (Å²) in [6.07, 6.45) is 0. The third-order valence-electron chi connectivity index (χ3n) is 0.938. The van der Waals surface area contributed by atoms with Crippen molar-refractivity contribution in [3.8, 4) is 0 Å². The molecule has 0 aliphatic carbocycles. The fourth-order valence-electron chi connectivity index (χ4n) is 0.602. The molecule has 0 amide bonds. The number of nitrogens with one attached hydrogen (secondary N) is 1. The van der Waals surface area contributed by atoms with Gasteiger partial charge in [-0.05, 0) is 13.8 Å². The largest absolute Gasteiger partial charge is 0.408 e. The second-order valence-corrected chi connectivity index (χ2v) is 2.43. The first-order valence-electron chi connectivity index (χ1n) is 3.25. The maximum absolute atomic E-state index is 5.06. The summed E-state index contributed by atoms with van der Waals surface area (Å²) in [6, 6.07) is 0.826. The third-order valence-corrected chi connectivity index (χ3v) is 0.938. The summed E-state index contributed by atoms with van der Waals surface area (Å²) in [5.74, 6) is 0.586. The molecule has 0 unspecified atom stereocenters. The Morgan fingerprint density at radius 1 is 1.40 bits per heavy atom. The van der Waals surface area contributed by atoms with Crippen LogP contribution in [-0.4, -0.2) is 16.2 Å². The number of hydrogen-bond acceptors (Lipinski definition) is 4. The van der Waals surface area contributed by atoms with E-state index >= 15 is 0 Å². The van der Waals surface area contributed by atoms with Crippen molar-refractivity contribution >= 4 is 6.01 Å². The number of nitrogens with zero attached hydrogens (tertiary/aromatic N) is 2. The van der Waals surface area contributed by atoms with Gasteiger partial charge in [-0.15, -0.1) is 5.10 Å². The Labute approximate surface area is 59.6 Å². The first kappa shape index (κ1) is 7.05. The van der Waals surface area contributed by atoms with E-state index in [1.54, 1.807) is 6.92 Å². The van der Waals surface area contributed by atoms with Crippen molar-refractivity contribution in [3.63, 3.8) is 0 Å². The van der Waals surface area contributed by atoms with Gasteiger partial charge in [-0.3, -0.25) is 0 Å². The van der Waals surface area contributed by atoms with Gasteiger partial charge in [0.2, 0.25) is 5.89 Å². The first-order chi connectivity index (χ1) is 4.68. The fourth-order valence-corrected chi connectivity index (χ4v) is 0.602. The summed E-state index contributed by atoms with van der Waals surface area (Å²) in [5, 5.41) is 10.4. The van der Waals surface area contributed by atoms with Crippen LogP contribution in [-0.2, 0) is 0 Å². The molecular formula is C6H11N3O. The fraction of sp³-hybridized carbons (Fsp3) is 0.667. The molecule has 0 fully saturated rings. The monoisotopic (exact) mass is 141 g/mol. The number of aryl methyl sites for hydroxylation is 1. The summed E-state index contributed by atoms with van der Waals surface area (Å²) in [7, 11) is 0. The molecule has 1 aromatic rings. The zero-order valence-electron chi connectivity index (χ0n) is 6.38. The lowest BCUT2D eigenvalue weighted by Gasteiger charge is -2.01. The van der Waals surface area contributed by atoms with Crippen LogP contribution in [0.15, 0.2) is 4.42 Å². The summed E-state index contributed by atoms with van der Waals surface area (Å²) in [4.78, 5) is 0. The van der Waals surface area contributed by atoms with Gasteiger partial charge < -0.3 is 9.73 Å². The summed E-state index contributed by atoms with van der Waals surface area (Å²) < 4.78 is 5.06. The predicted molar refractivity (Wildman–Crippen MR) is 37.8 cm³/mol. The number of hydrogen-bond donors (Lipinski definition) is 1. The number of aromatic nitrogens is 2. The van der Waals surface area contributed by atoms with Crippen LogP contribution in [0, 0.1) is 6.92 Å². The van der Waals surface area contributed by atoms with E-state index in [0.29, 0.717) is 17.9 Å². The van der Waals surface area contributed by atoms with Crippen molar-refractivity contribution < 1.29 is 4.42 Å². The molecule has 1 heterocycles. The van der Waals surface area contributed by atoms with Crippen molar-refractivity contribution in [3.05, 3.63) is 5.89 Å². The quantitative estimate of drug-likeness (QED) is 0.672. The van der Waals surface area contributed by atoms with E-state index in [2.05, 4.69) is 15.5 Å². The molecule has 1 N–H and O–H groups in total. The van der Waals surface area contributed by atoms with Gasteiger partial charge in [0, 0.05) is 13.0 Å². The highest BCUT2D eigenvalue weighted by Gasteiger charge is 2.01. The maximum Gasteiger partial charge on any atom is 0.315 e. The van der Waals surface area contributed by atoms with Crippen LogP contribution in [0.4, 0.5) is 6.01 Å². The van der Waals surface area contributed by atoms with Gasteiger partial charge in [-0.1, -0.05) is 5.10 Å². The molecular weight excluding hydrogens is 130 g/mol. The minimum atomic E-state index is 0.333. The molecule has 0 atom stereocenters. The second kappa shape index (κ2) is 2.68. The molecule has 1 rings (SSSR count). The lowest BCUT2D eigenvalue weighted by atomic mass is 10.4. The molecule has 4 heteroatoms. The normalized spacial score (nSPS) is 10.4. The van der Waals surface area contributed by atoms with Crippen LogP contribution in [0.2, 0.25) is 0 Å². The zero-order chi connectivity index (χ0) is 7.56. The highest BCUT2D eigenvalue weighted by molar-refractivity contribution is 5.17. The van der Waals surface area contributed by atoms with E-state index in [0.717, 1.165) is 0 Å². The van der Waals surface area contributed by atoms with Crippen molar-refractivity contribution in [2.45, 2.75) is 26.8 Å². The topological polar surface area (TPSA) is 51.0 Å². The Balaban J connectivity index is 2.58. The molecule has 0 bridgehead atoms. The lowest BCUT2D eigenvalue weighted by Crippen LogP contribution is -2.09. The van der Waals surface area contributed by atoms with Crippen molar-refractivity contribution in [1.82, 2.24) is 10.2 Å². The smallest absolute Gasteiger partial charge is 0.315 e. The summed E-state index contributed by atoms with van der Waals surface area (Å²) in [5.41, 5.74) is 0. The van der Waals surface area contributed by atoms with Crippen molar-refractivity contribution in [2.75, 3.05) is 5.32 Å².